The van der Waals surface area contributed by atoms with Gasteiger partial charge in [0, 0.05) is 6.04 Å². The molecule has 0 spiro atoms. The fourth-order valence-electron chi connectivity index (χ4n) is 1.93. The monoisotopic (exact) mass is 248 g/mol. The molecule has 18 heavy (non-hydrogen) atoms. The van der Waals surface area contributed by atoms with Gasteiger partial charge in [0.25, 0.3) is 0 Å². The van der Waals surface area contributed by atoms with Gasteiger partial charge in [0.05, 0.1) is 5.41 Å². The molecule has 3 heteroatoms. The third-order valence-corrected chi connectivity index (χ3v) is 3.41. The van der Waals surface area contributed by atoms with E-state index in [4.69, 9.17) is 5.73 Å². The minimum Gasteiger partial charge on any atom is -0.353 e. The summed E-state index contributed by atoms with van der Waals surface area (Å²) in [5, 5.41) is 3.09. The molecule has 0 heterocycles. The van der Waals surface area contributed by atoms with Crippen molar-refractivity contribution in [1.82, 2.24) is 5.32 Å². The highest BCUT2D eigenvalue weighted by molar-refractivity contribution is 5.87. The molecule has 0 aliphatic rings. The Morgan fingerprint density at radius 1 is 1.33 bits per heavy atom. The van der Waals surface area contributed by atoms with Gasteiger partial charge in [-0.1, -0.05) is 37.3 Å². The molecule has 1 atom stereocenters. The van der Waals surface area contributed by atoms with Gasteiger partial charge in [-0.05, 0) is 38.8 Å². The first-order chi connectivity index (χ1) is 8.52. The van der Waals surface area contributed by atoms with E-state index >= 15 is 0 Å². The predicted octanol–water partition coefficient (Wildman–Crippen LogP) is 2.21. The van der Waals surface area contributed by atoms with Crippen molar-refractivity contribution < 1.29 is 4.79 Å². The molecule has 0 aliphatic carbocycles. The quantitative estimate of drug-likeness (QED) is 0.811. The van der Waals surface area contributed by atoms with Crippen molar-refractivity contribution in [3.8, 4) is 0 Å². The van der Waals surface area contributed by atoms with Gasteiger partial charge < -0.3 is 11.1 Å². The highest BCUT2D eigenvalue weighted by Gasteiger charge is 2.30. The SMILES string of the molecule is CCC(CCN)NC(=O)C(C)(C)c1ccccc1. The Hall–Kier alpha value is -1.35. The lowest BCUT2D eigenvalue weighted by molar-refractivity contribution is -0.126. The van der Waals surface area contributed by atoms with Crippen molar-refractivity contribution in [3.63, 3.8) is 0 Å². The van der Waals surface area contributed by atoms with E-state index in [0.717, 1.165) is 18.4 Å². The summed E-state index contributed by atoms with van der Waals surface area (Å²) in [6.45, 7) is 6.57. The maximum absolute atomic E-state index is 12.4. The van der Waals surface area contributed by atoms with Crippen LogP contribution in [0.2, 0.25) is 0 Å². The van der Waals surface area contributed by atoms with Gasteiger partial charge in [-0.25, -0.2) is 0 Å². The van der Waals surface area contributed by atoms with Crippen molar-refractivity contribution in [2.24, 2.45) is 5.73 Å². The molecule has 3 nitrogen and oxygen atoms in total. The fourth-order valence-corrected chi connectivity index (χ4v) is 1.93. The van der Waals surface area contributed by atoms with Gasteiger partial charge in [0.15, 0.2) is 0 Å². The van der Waals surface area contributed by atoms with E-state index in [1.807, 2.05) is 44.2 Å². The second-order valence-corrected chi connectivity index (χ2v) is 5.15. The number of amides is 1. The number of hydrogen-bond acceptors (Lipinski definition) is 2. The Bertz CT molecular complexity index is 373. The van der Waals surface area contributed by atoms with Crippen molar-refractivity contribution >= 4 is 5.91 Å². The first kappa shape index (κ1) is 14.7. The van der Waals surface area contributed by atoms with E-state index in [9.17, 15) is 4.79 Å². The molecule has 0 bridgehead atoms. The second kappa shape index (κ2) is 6.55. The predicted molar refractivity (Wildman–Crippen MR) is 75.4 cm³/mol. The molecule has 1 rings (SSSR count). The average molecular weight is 248 g/mol. The summed E-state index contributed by atoms with van der Waals surface area (Å²) in [7, 11) is 0. The van der Waals surface area contributed by atoms with E-state index < -0.39 is 5.41 Å². The van der Waals surface area contributed by atoms with Gasteiger partial charge >= 0.3 is 0 Å². The largest absolute Gasteiger partial charge is 0.353 e. The molecule has 0 radical (unpaired) electrons. The van der Waals surface area contributed by atoms with Crippen LogP contribution in [-0.4, -0.2) is 18.5 Å². The van der Waals surface area contributed by atoms with Crippen LogP contribution < -0.4 is 11.1 Å². The molecular weight excluding hydrogens is 224 g/mol. The molecule has 1 amide bonds. The zero-order valence-corrected chi connectivity index (χ0v) is 11.6. The van der Waals surface area contributed by atoms with Gasteiger partial charge in [0.2, 0.25) is 5.91 Å². The average Bonchev–Trinajstić information content (AvgIpc) is 2.39. The highest BCUT2D eigenvalue weighted by atomic mass is 16.2. The number of nitrogens with one attached hydrogen (secondary N) is 1. The molecule has 0 aromatic heterocycles. The van der Waals surface area contributed by atoms with E-state index in [1.54, 1.807) is 0 Å². The van der Waals surface area contributed by atoms with E-state index in [0.29, 0.717) is 6.54 Å². The molecule has 1 unspecified atom stereocenters. The minimum atomic E-state index is -0.511. The van der Waals surface area contributed by atoms with Crippen LogP contribution in [0.3, 0.4) is 0 Å². The van der Waals surface area contributed by atoms with Crippen molar-refractivity contribution in [2.45, 2.75) is 45.1 Å². The van der Waals surface area contributed by atoms with Crippen molar-refractivity contribution in [2.75, 3.05) is 6.54 Å². The van der Waals surface area contributed by atoms with Crippen LogP contribution in [-0.2, 0) is 10.2 Å². The van der Waals surface area contributed by atoms with Crippen LogP contribution in [0.1, 0.15) is 39.2 Å². The van der Waals surface area contributed by atoms with Crippen molar-refractivity contribution in [1.29, 1.82) is 0 Å². The fraction of sp³-hybridized carbons (Fsp3) is 0.533. The van der Waals surface area contributed by atoms with Crippen molar-refractivity contribution in [3.05, 3.63) is 35.9 Å². The normalized spacial score (nSPS) is 13.1. The van der Waals surface area contributed by atoms with Crippen LogP contribution in [0.25, 0.3) is 0 Å². The smallest absolute Gasteiger partial charge is 0.230 e. The molecule has 0 fully saturated rings. The Kier molecular flexibility index (Phi) is 5.35. The third kappa shape index (κ3) is 3.57. The molecule has 0 saturated carbocycles. The summed E-state index contributed by atoms with van der Waals surface area (Å²) in [6.07, 6.45) is 1.74. The molecule has 1 aromatic rings. The Morgan fingerprint density at radius 2 is 1.94 bits per heavy atom. The maximum atomic E-state index is 12.4. The van der Waals surface area contributed by atoms with E-state index in [1.165, 1.54) is 0 Å². The number of benzene rings is 1. The number of carbonyl (C=O) groups is 1. The van der Waals surface area contributed by atoms with Gasteiger partial charge in [-0.3, -0.25) is 4.79 Å². The molecular formula is C15H24N2O. The van der Waals surface area contributed by atoms with Gasteiger partial charge in [0.1, 0.15) is 0 Å². The standard InChI is InChI=1S/C15H24N2O/c1-4-13(10-11-16)17-14(18)15(2,3)12-8-6-5-7-9-12/h5-9,13H,4,10-11,16H2,1-3H3,(H,17,18). The van der Waals surface area contributed by atoms with Crippen LogP contribution in [0.5, 0.6) is 0 Å². The zero-order valence-electron chi connectivity index (χ0n) is 11.6. The molecule has 1 aromatic carbocycles. The number of hydrogen-bond donors (Lipinski definition) is 2. The lowest BCUT2D eigenvalue weighted by Crippen LogP contribution is -2.45. The van der Waals surface area contributed by atoms with Gasteiger partial charge in [-0.15, -0.1) is 0 Å². The summed E-state index contributed by atoms with van der Waals surface area (Å²) in [5.74, 6) is 0.0639. The van der Waals surface area contributed by atoms with Crippen LogP contribution >= 0.6 is 0 Å². The van der Waals surface area contributed by atoms with Gasteiger partial charge in [-0.2, -0.15) is 0 Å². The second-order valence-electron chi connectivity index (χ2n) is 5.15. The molecule has 3 N–H and O–H groups in total. The van der Waals surface area contributed by atoms with Crippen LogP contribution in [0.15, 0.2) is 30.3 Å². The number of rotatable bonds is 6. The summed E-state index contributed by atoms with van der Waals surface area (Å²) in [5.41, 5.74) is 6.07. The minimum absolute atomic E-state index is 0.0639. The van der Waals surface area contributed by atoms with E-state index in [2.05, 4.69) is 12.2 Å². The first-order valence-corrected chi connectivity index (χ1v) is 6.59. The zero-order chi connectivity index (χ0) is 13.6. The maximum Gasteiger partial charge on any atom is 0.230 e. The lowest BCUT2D eigenvalue weighted by atomic mass is 9.83. The topological polar surface area (TPSA) is 55.1 Å². The third-order valence-electron chi connectivity index (χ3n) is 3.41. The summed E-state index contributed by atoms with van der Waals surface area (Å²) < 4.78 is 0. The lowest BCUT2D eigenvalue weighted by Gasteiger charge is -2.27. The Morgan fingerprint density at radius 3 is 2.44 bits per heavy atom. The summed E-state index contributed by atoms with van der Waals surface area (Å²) >= 11 is 0. The Labute approximate surface area is 110 Å². The summed E-state index contributed by atoms with van der Waals surface area (Å²) in [4.78, 5) is 12.4. The van der Waals surface area contributed by atoms with Crippen LogP contribution in [0.4, 0.5) is 0 Å². The first-order valence-electron chi connectivity index (χ1n) is 6.59. The molecule has 0 aliphatic heterocycles. The van der Waals surface area contributed by atoms with Crippen LogP contribution in [0, 0.1) is 0 Å². The van der Waals surface area contributed by atoms with E-state index in [-0.39, 0.29) is 11.9 Å². The summed E-state index contributed by atoms with van der Waals surface area (Å²) in [6, 6.07) is 10.0. The molecule has 0 saturated heterocycles. The number of carbonyl (C=O) groups excluding carboxylic acids is 1. The molecule has 100 valence electrons. The number of nitrogens with two attached hydrogens (primary N) is 1. The highest BCUT2D eigenvalue weighted by Crippen LogP contribution is 2.23. The Balaban J connectivity index is 2.76.